The summed E-state index contributed by atoms with van der Waals surface area (Å²) in [6, 6.07) is 8.90. The number of amides is 2. The summed E-state index contributed by atoms with van der Waals surface area (Å²) in [4.78, 5) is 35.1. The predicted octanol–water partition coefficient (Wildman–Crippen LogP) is 4.88. The Morgan fingerprint density at radius 3 is 2.15 bits per heavy atom. The van der Waals surface area contributed by atoms with Crippen molar-refractivity contribution in [3.8, 4) is 6.07 Å². The molecule has 2 aliphatic heterocycles. The van der Waals surface area contributed by atoms with Crippen LogP contribution < -0.4 is 15.1 Å². The maximum atomic E-state index is 13.3. The van der Waals surface area contributed by atoms with E-state index in [1.54, 1.807) is 28.1 Å². The minimum absolute atomic E-state index is 0.179. The summed E-state index contributed by atoms with van der Waals surface area (Å²) >= 11 is 0. The maximum absolute atomic E-state index is 13.3. The number of piperidine rings is 1. The lowest BCUT2D eigenvalue weighted by atomic mass is 9.95. The highest BCUT2D eigenvalue weighted by Crippen LogP contribution is 2.35. The van der Waals surface area contributed by atoms with Crippen LogP contribution in [0.3, 0.4) is 0 Å². The molecule has 9 nitrogen and oxygen atoms in total. The molecule has 0 radical (unpaired) electrons. The lowest BCUT2D eigenvalue weighted by Crippen LogP contribution is -2.50. The fourth-order valence-electron chi connectivity index (χ4n) is 4.81. The number of piperazine rings is 1. The number of carbonyl (C=O) groups excluding carboxylic acids is 2. The SMILES string of the molecule is CC(C)(C)OC(=O)N1CCN(c2ccc(NC(=O)C3CCN(c4ccc(C#N)c(C(F)(F)F)c4)CC3)nc2)CC1. The van der Waals surface area contributed by atoms with Gasteiger partial charge in [-0.05, 0) is 63.9 Å². The standard InChI is InChI=1S/C28H33F3N6O3/c1-27(2,3)40-26(39)37-14-12-36(13-15-37)22-6-7-24(33-18-22)34-25(38)19-8-10-35(11-9-19)21-5-4-20(17-32)23(16-21)28(29,30)31/h4-7,16,18-19H,8-15H2,1-3H3,(H,33,34,38). The molecule has 0 unspecified atom stereocenters. The molecule has 0 bridgehead atoms. The van der Waals surface area contributed by atoms with Gasteiger partial charge in [-0.2, -0.15) is 18.4 Å². The number of hydrogen-bond acceptors (Lipinski definition) is 7. The van der Waals surface area contributed by atoms with Crippen molar-refractivity contribution in [2.45, 2.75) is 45.4 Å². The lowest BCUT2D eigenvalue weighted by Gasteiger charge is -2.36. The number of carbonyl (C=O) groups is 2. The first-order valence-electron chi connectivity index (χ1n) is 13.2. The van der Waals surface area contributed by atoms with Crippen LogP contribution in [-0.2, 0) is 15.7 Å². The summed E-state index contributed by atoms with van der Waals surface area (Å²) < 4.78 is 45.4. The zero-order valence-electron chi connectivity index (χ0n) is 22.8. The molecule has 0 aliphatic carbocycles. The molecule has 2 saturated heterocycles. The molecule has 40 heavy (non-hydrogen) atoms. The summed E-state index contributed by atoms with van der Waals surface area (Å²) in [5.74, 6) is -0.0497. The Labute approximate surface area is 231 Å². The number of hydrogen-bond donors (Lipinski definition) is 1. The topological polar surface area (TPSA) is 102 Å². The van der Waals surface area contributed by atoms with E-state index in [-0.39, 0.29) is 17.9 Å². The van der Waals surface area contributed by atoms with Gasteiger partial charge in [0.1, 0.15) is 11.4 Å². The Kier molecular flexibility index (Phi) is 8.42. The molecule has 12 heteroatoms. The molecule has 214 valence electrons. The van der Waals surface area contributed by atoms with Crippen molar-refractivity contribution in [1.82, 2.24) is 9.88 Å². The average molecular weight is 559 g/mol. The van der Waals surface area contributed by atoms with Crippen molar-refractivity contribution in [2.24, 2.45) is 5.92 Å². The van der Waals surface area contributed by atoms with Crippen molar-refractivity contribution in [3.63, 3.8) is 0 Å². The number of rotatable bonds is 4. The Bertz CT molecular complexity index is 1250. The number of halogens is 3. The fourth-order valence-corrected chi connectivity index (χ4v) is 4.81. The third kappa shape index (κ3) is 7.14. The monoisotopic (exact) mass is 558 g/mol. The fraction of sp³-hybridized carbons (Fsp3) is 0.500. The van der Waals surface area contributed by atoms with Gasteiger partial charge in [-0.25, -0.2) is 9.78 Å². The van der Waals surface area contributed by atoms with E-state index in [9.17, 15) is 22.8 Å². The molecular weight excluding hydrogens is 525 g/mol. The van der Waals surface area contributed by atoms with Gasteiger partial charge in [0, 0.05) is 50.9 Å². The summed E-state index contributed by atoms with van der Waals surface area (Å²) in [5, 5.41) is 11.9. The van der Waals surface area contributed by atoms with Crippen LogP contribution in [0.25, 0.3) is 0 Å². The average Bonchev–Trinajstić information content (AvgIpc) is 2.92. The molecule has 2 aliphatic rings. The normalized spacial score (nSPS) is 16.9. The zero-order chi connectivity index (χ0) is 29.1. The minimum Gasteiger partial charge on any atom is -0.444 e. The molecule has 1 aromatic carbocycles. The molecule has 4 rings (SSSR count). The summed E-state index contributed by atoms with van der Waals surface area (Å²) in [6.07, 6.45) is -2.29. The highest BCUT2D eigenvalue weighted by atomic mass is 19.4. The van der Waals surface area contributed by atoms with Crippen LogP contribution in [-0.4, -0.2) is 66.8 Å². The van der Waals surface area contributed by atoms with Crippen LogP contribution >= 0.6 is 0 Å². The Balaban J connectivity index is 1.27. The van der Waals surface area contributed by atoms with Gasteiger partial charge in [-0.3, -0.25) is 4.79 Å². The Morgan fingerprint density at radius 2 is 1.60 bits per heavy atom. The highest BCUT2D eigenvalue weighted by Gasteiger charge is 2.35. The van der Waals surface area contributed by atoms with E-state index >= 15 is 0 Å². The molecule has 1 N–H and O–H groups in total. The van der Waals surface area contributed by atoms with Crippen molar-refractivity contribution >= 4 is 29.2 Å². The highest BCUT2D eigenvalue weighted by molar-refractivity contribution is 5.92. The second-order valence-corrected chi connectivity index (χ2v) is 10.9. The summed E-state index contributed by atoms with van der Waals surface area (Å²) in [6.45, 7) is 8.69. The molecule has 2 amide bonds. The number of ether oxygens (including phenoxy) is 1. The maximum Gasteiger partial charge on any atom is 0.417 e. The summed E-state index contributed by atoms with van der Waals surface area (Å²) in [7, 11) is 0. The van der Waals surface area contributed by atoms with E-state index in [2.05, 4.69) is 15.2 Å². The molecule has 2 aromatic rings. The Morgan fingerprint density at radius 1 is 0.975 bits per heavy atom. The van der Waals surface area contributed by atoms with Crippen LogP contribution in [0.2, 0.25) is 0 Å². The van der Waals surface area contributed by atoms with Gasteiger partial charge in [-0.15, -0.1) is 0 Å². The van der Waals surface area contributed by atoms with E-state index in [1.807, 2.05) is 26.8 Å². The van der Waals surface area contributed by atoms with Gasteiger partial charge in [-0.1, -0.05) is 0 Å². The minimum atomic E-state index is -4.61. The number of nitriles is 1. The van der Waals surface area contributed by atoms with Crippen LogP contribution in [0.4, 0.5) is 35.2 Å². The van der Waals surface area contributed by atoms with Gasteiger partial charge < -0.3 is 24.8 Å². The van der Waals surface area contributed by atoms with E-state index in [0.29, 0.717) is 63.6 Å². The van der Waals surface area contributed by atoms with E-state index in [0.717, 1.165) is 11.8 Å². The zero-order valence-corrected chi connectivity index (χ0v) is 22.8. The van der Waals surface area contributed by atoms with Crippen LogP contribution in [0.1, 0.15) is 44.7 Å². The number of alkyl halides is 3. The number of nitrogens with zero attached hydrogens (tertiary/aromatic N) is 5. The molecule has 0 atom stereocenters. The van der Waals surface area contributed by atoms with Gasteiger partial charge in [0.15, 0.2) is 0 Å². The first kappa shape index (κ1) is 29.0. The van der Waals surface area contributed by atoms with Crippen molar-refractivity contribution in [3.05, 3.63) is 47.7 Å². The first-order valence-corrected chi connectivity index (χ1v) is 13.2. The van der Waals surface area contributed by atoms with Crippen LogP contribution in [0.15, 0.2) is 36.5 Å². The predicted molar refractivity (Wildman–Crippen MR) is 144 cm³/mol. The number of pyridine rings is 1. The first-order chi connectivity index (χ1) is 18.8. The third-order valence-corrected chi connectivity index (χ3v) is 6.96. The van der Waals surface area contributed by atoms with Gasteiger partial charge in [0.05, 0.1) is 29.1 Å². The van der Waals surface area contributed by atoms with Gasteiger partial charge >= 0.3 is 12.3 Å². The van der Waals surface area contributed by atoms with E-state index in [4.69, 9.17) is 10.00 Å². The number of benzene rings is 1. The van der Waals surface area contributed by atoms with Crippen LogP contribution in [0.5, 0.6) is 0 Å². The third-order valence-electron chi connectivity index (χ3n) is 6.96. The number of anilines is 3. The van der Waals surface area contributed by atoms with Crippen molar-refractivity contribution in [2.75, 3.05) is 54.4 Å². The molecular formula is C28H33F3N6O3. The molecule has 0 spiro atoms. The number of nitrogens with one attached hydrogen (secondary N) is 1. The Hall–Kier alpha value is -4.01. The quantitative estimate of drug-likeness (QED) is 0.571. The molecule has 1 aromatic heterocycles. The van der Waals surface area contributed by atoms with Gasteiger partial charge in [0.2, 0.25) is 5.91 Å². The molecule has 3 heterocycles. The summed E-state index contributed by atoms with van der Waals surface area (Å²) in [5.41, 5.74) is -0.634. The van der Waals surface area contributed by atoms with E-state index in [1.165, 1.54) is 12.1 Å². The van der Waals surface area contributed by atoms with E-state index < -0.39 is 22.9 Å². The molecule has 0 saturated carbocycles. The lowest BCUT2D eigenvalue weighted by molar-refractivity contribution is -0.137. The van der Waals surface area contributed by atoms with Gasteiger partial charge in [0.25, 0.3) is 0 Å². The van der Waals surface area contributed by atoms with Crippen molar-refractivity contribution < 1.29 is 27.5 Å². The molecule has 2 fully saturated rings. The second kappa shape index (κ2) is 11.6. The van der Waals surface area contributed by atoms with Crippen molar-refractivity contribution in [1.29, 1.82) is 5.26 Å². The van der Waals surface area contributed by atoms with Crippen LogP contribution in [0, 0.1) is 17.2 Å². The largest absolute Gasteiger partial charge is 0.444 e. The smallest absolute Gasteiger partial charge is 0.417 e. The second-order valence-electron chi connectivity index (χ2n) is 10.9. The number of aromatic nitrogens is 1.